The van der Waals surface area contributed by atoms with Crippen LogP contribution in [-0.2, 0) is 4.79 Å². The highest BCUT2D eigenvalue weighted by Crippen LogP contribution is 2.24. The second-order valence-corrected chi connectivity index (χ2v) is 6.58. The molecule has 0 aromatic carbocycles. The maximum absolute atomic E-state index is 11.7. The van der Waals surface area contributed by atoms with Crippen molar-refractivity contribution in [1.29, 1.82) is 0 Å². The van der Waals surface area contributed by atoms with E-state index in [1.165, 1.54) is 17.4 Å². The van der Waals surface area contributed by atoms with Crippen molar-refractivity contribution in [3.63, 3.8) is 0 Å². The average molecular weight is 300 g/mol. The molecule has 19 heavy (non-hydrogen) atoms. The fourth-order valence-electron chi connectivity index (χ4n) is 2.29. The summed E-state index contributed by atoms with van der Waals surface area (Å²) in [6.07, 6.45) is 7.07. The number of aliphatic hydroxyl groups is 1. The lowest BCUT2D eigenvalue weighted by Crippen LogP contribution is -2.36. The normalized spacial score (nSPS) is 23.7. The number of rotatable bonds is 4. The van der Waals surface area contributed by atoms with E-state index < -0.39 is 0 Å². The Hall–Kier alpha value is -0.840. The van der Waals surface area contributed by atoms with Crippen LogP contribution in [0.2, 0.25) is 4.34 Å². The van der Waals surface area contributed by atoms with Crippen molar-refractivity contribution in [1.82, 2.24) is 5.32 Å². The Balaban J connectivity index is 1.76. The van der Waals surface area contributed by atoms with Gasteiger partial charge >= 0.3 is 0 Å². The van der Waals surface area contributed by atoms with Gasteiger partial charge in [-0.1, -0.05) is 24.4 Å². The van der Waals surface area contributed by atoms with E-state index in [4.69, 9.17) is 11.6 Å². The first-order chi connectivity index (χ1) is 9.15. The SMILES string of the molecule is O=C(C=Cc1ccc(Cl)s1)NCC1CCCCC1O. The van der Waals surface area contributed by atoms with Gasteiger partial charge in [0, 0.05) is 23.4 Å². The molecule has 104 valence electrons. The Bertz CT molecular complexity index is 458. The van der Waals surface area contributed by atoms with Crippen LogP contribution in [0, 0.1) is 5.92 Å². The highest BCUT2D eigenvalue weighted by molar-refractivity contribution is 7.17. The van der Waals surface area contributed by atoms with Crippen LogP contribution < -0.4 is 5.32 Å². The van der Waals surface area contributed by atoms with E-state index in [0.717, 1.165) is 30.6 Å². The largest absolute Gasteiger partial charge is 0.393 e. The third kappa shape index (κ3) is 4.64. The summed E-state index contributed by atoms with van der Waals surface area (Å²) in [5, 5.41) is 12.7. The van der Waals surface area contributed by atoms with Gasteiger partial charge in [-0.15, -0.1) is 11.3 Å². The van der Waals surface area contributed by atoms with Gasteiger partial charge in [-0.3, -0.25) is 4.79 Å². The Morgan fingerprint density at radius 3 is 2.95 bits per heavy atom. The van der Waals surface area contributed by atoms with Crippen LogP contribution in [0.5, 0.6) is 0 Å². The molecule has 0 spiro atoms. The summed E-state index contributed by atoms with van der Waals surface area (Å²) < 4.78 is 0.713. The topological polar surface area (TPSA) is 49.3 Å². The standard InChI is InChI=1S/C14H18ClNO2S/c15-13-7-5-11(19-13)6-8-14(18)16-9-10-3-1-2-4-12(10)17/h5-8,10,12,17H,1-4,9H2,(H,16,18). The summed E-state index contributed by atoms with van der Waals surface area (Å²) in [6.45, 7) is 0.551. The fourth-order valence-corrected chi connectivity index (χ4v) is 3.26. The Morgan fingerprint density at radius 2 is 2.26 bits per heavy atom. The molecule has 0 saturated heterocycles. The number of hydrogen-bond donors (Lipinski definition) is 2. The van der Waals surface area contributed by atoms with Crippen LogP contribution >= 0.6 is 22.9 Å². The van der Waals surface area contributed by atoms with Gasteiger partial charge in [-0.05, 0) is 31.1 Å². The van der Waals surface area contributed by atoms with Gasteiger partial charge in [0.1, 0.15) is 0 Å². The molecule has 2 rings (SSSR count). The molecule has 5 heteroatoms. The lowest BCUT2D eigenvalue weighted by Gasteiger charge is -2.27. The summed E-state index contributed by atoms with van der Waals surface area (Å²) in [7, 11) is 0. The molecule has 1 aromatic heterocycles. The smallest absolute Gasteiger partial charge is 0.244 e. The number of carbonyl (C=O) groups excluding carboxylic acids is 1. The molecular formula is C14H18ClNO2S. The number of nitrogens with one attached hydrogen (secondary N) is 1. The van der Waals surface area contributed by atoms with Gasteiger partial charge < -0.3 is 10.4 Å². The third-order valence-corrected chi connectivity index (χ3v) is 4.60. The first-order valence-electron chi connectivity index (χ1n) is 6.54. The molecular weight excluding hydrogens is 282 g/mol. The van der Waals surface area contributed by atoms with Crippen molar-refractivity contribution >= 4 is 34.9 Å². The molecule has 1 amide bonds. The second-order valence-electron chi connectivity index (χ2n) is 4.83. The number of aliphatic hydroxyl groups excluding tert-OH is 1. The molecule has 0 radical (unpaired) electrons. The molecule has 1 aromatic rings. The summed E-state index contributed by atoms with van der Waals surface area (Å²) in [5.74, 6) is 0.0737. The number of halogens is 1. The fraction of sp³-hybridized carbons (Fsp3) is 0.500. The van der Waals surface area contributed by atoms with Crippen LogP contribution in [0.25, 0.3) is 6.08 Å². The predicted molar refractivity (Wildman–Crippen MR) is 79.3 cm³/mol. The molecule has 0 aliphatic heterocycles. The lowest BCUT2D eigenvalue weighted by atomic mass is 9.86. The molecule has 2 atom stereocenters. The molecule has 2 unspecified atom stereocenters. The summed E-state index contributed by atoms with van der Waals surface area (Å²) >= 11 is 7.25. The van der Waals surface area contributed by atoms with Gasteiger partial charge in [0.05, 0.1) is 10.4 Å². The van der Waals surface area contributed by atoms with E-state index in [1.807, 2.05) is 12.1 Å². The van der Waals surface area contributed by atoms with E-state index in [2.05, 4.69) is 5.32 Å². The molecule has 1 aliphatic rings. The van der Waals surface area contributed by atoms with E-state index in [0.29, 0.717) is 10.9 Å². The molecule has 0 bridgehead atoms. The average Bonchev–Trinajstić information content (AvgIpc) is 2.81. The molecule has 2 N–H and O–H groups in total. The highest BCUT2D eigenvalue weighted by Gasteiger charge is 2.22. The minimum Gasteiger partial charge on any atom is -0.393 e. The van der Waals surface area contributed by atoms with E-state index >= 15 is 0 Å². The number of hydrogen-bond acceptors (Lipinski definition) is 3. The molecule has 1 saturated carbocycles. The molecule has 1 aliphatic carbocycles. The minimum atomic E-state index is -0.269. The van der Waals surface area contributed by atoms with Crippen molar-refractivity contribution in [3.8, 4) is 0 Å². The van der Waals surface area contributed by atoms with Crippen molar-refractivity contribution in [2.75, 3.05) is 6.54 Å². The van der Waals surface area contributed by atoms with Crippen molar-refractivity contribution in [2.45, 2.75) is 31.8 Å². The minimum absolute atomic E-state index is 0.123. The van der Waals surface area contributed by atoms with Gasteiger partial charge in [-0.2, -0.15) is 0 Å². The van der Waals surface area contributed by atoms with Crippen LogP contribution in [0.4, 0.5) is 0 Å². The van der Waals surface area contributed by atoms with E-state index in [9.17, 15) is 9.90 Å². The number of carbonyl (C=O) groups is 1. The Morgan fingerprint density at radius 1 is 1.47 bits per heavy atom. The maximum Gasteiger partial charge on any atom is 0.244 e. The second kappa shape index (κ2) is 7.08. The third-order valence-electron chi connectivity index (χ3n) is 3.40. The summed E-state index contributed by atoms with van der Waals surface area (Å²) in [4.78, 5) is 12.6. The van der Waals surface area contributed by atoms with Gasteiger partial charge in [-0.25, -0.2) is 0 Å². The van der Waals surface area contributed by atoms with Gasteiger partial charge in [0.25, 0.3) is 0 Å². The first-order valence-corrected chi connectivity index (χ1v) is 7.74. The lowest BCUT2D eigenvalue weighted by molar-refractivity contribution is -0.116. The zero-order valence-corrected chi connectivity index (χ0v) is 12.2. The quantitative estimate of drug-likeness (QED) is 0.840. The van der Waals surface area contributed by atoms with Gasteiger partial charge in [0.15, 0.2) is 0 Å². The number of amides is 1. The monoisotopic (exact) mass is 299 g/mol. The number of thiophene rings is 1. The van der Waals surface area contributed by atoms with Crippen LogP contribution in [-0.4, -0.2) is 23.7 Å². The van der Waals surface area contributed by atoms with E-state index in [-0.39, 0.29) is 17.9 Å². The first kappa shape index (κ1) is 14.6. The van der Waals surface area contributed by atoms with Gasteiger partial charge in [0.2, 0.25) is 5.91 Å². The van der Waals surface area contributed by atoms with Crippen molar-refractivity contribution in [3.05, 3.63) is 27.4 Å². The van der Waals surface area contributed by atoms with Crippen molar-refractivity contribution in [2.24, 2.45) is 5.92 Å². The maximum atomic E-state index is 11.7. The molecule has 1 fully saturated rings. The molecule has 1 heterocycles. The highest BCUT2D eigenvalue weighted by atomic mass is 35.5. The van der Waals surface area contributed by atoms with E-state index in [1.54, 1.807) is 6.08 Å². The zero-order chi connectivity index (χ0) is 13.7. The summed E-state index contributed by atoms with van der Waals surface area (Å²) in [6, 6.07) is 3.68. The Kier molecular flexibility index (Phi) is 5.43. The van der Waals surface area contributed by atoms with Crippen LogP contribution in [0.1, 0.15) is 30.6 Å². The van der Waals surface area contributed by atoms with Crippen LogP contribution in [0.15, 0.2) is 18.2 Å². The van der Waals surface area contributed by atoms with Crippen LogP contribution in [0.3, 0.4) is 0 Å². The zero-order valence-electron chi connectivity index (χ0n) is 10.6. The Labute approximate surface area is 122 Å². The predicted octanol–water partition coefficient (Wildman–Crippen LogP) is 3.08. The summed E-state index contributed by atoms with van der Waals surface area (Å²) in [5.41, 5.74) is 0. The molecule has 3 nitrogen and oxygen atoms in total. The van der Waals surface area contributed by atoms with Crippen molar-refractivity contribution < 1.29 is 9.90 Å².